The highest BCUT2D eigenvalue weighted by molar-refractivity contribution is 6.30. The minimum Gasteiger partial charge on any atom is -0.480 e. The molecular weight excluding hydrogens is 209 g/mol. The van der Waals surface area contributed by atoms with Gasteiger partial charge in [0.05, 0.1) is 0 Å². The second kappa shape index (κ2) is 4.39. The Morgan fingerprint density at radius 3 is 2.86 bits per heavy atom. The molecule has 0 fully saturated rings. The third-order valence-electron chi connectivity index (χ3n) is 1.76. The van der Waals surface area contributed by atoms with Crippen LogP contribution in [0, 0.1) is 5.82 Å². The molecule has 1 aromatic rings. The maximum absolute atomic E-state index is 13.1. The van der Waals surface area contributed by atoms with Crippen LogP contribution in [0.1, 0.15) is 5.56 Å². The molecule has 0 aliphatic rings. The molecule has 76 valence electrons. The Bertz CT molecular complexity index is 357. The first-order valence-electron chi connectivity index (χ1n) is 3.93. The molecule has 0 aliphatic heterocycles. The number of carbonyl (C=O) groups is 1. The van der Waals surface area contributed by atoms with Gasteiger partial charge >= 0.3 is 5.97 Å². The second-order valence-corrected chi connectivity index (χ2v) is 3.32. The SMILES string of the molecule is NC(Cc1cc(Cl)ccc1F)C(=O)O. The van der Waals surface area contributed by atoms with E-state index in [2.05, 4.69) is 0 Å². The third-order valence-corrected chi connectivity index (χ3v) is 2.00. The van der Waals surface area contributed by atoms with E-state index in [1.165, 1.54) is 18.2 Å². The number of rotatable bonds is 3. The van der Waals surface area contributed by atoms with Gasteiger partial charge < -0.3 is 10.8 Å². The number of carboxylic acids is 1. The predicted molar refractivity (Wildman–Crippen MR) is 50.7 cm³/mol. The second-order valence-electron chi connectivity index (χ2n) is 2.88. The average Bonchev–Trinajstić information content (AvgIpc) is 2.11. The van der Waals surface area contributed by atoms with E-state index in [-0.39, 0.29) is 12.0 Å². The molecule has 3 nitrogen and oxygen atoms in total. The molecule has 14 heavy (non-hydrogen) atoms. The number of aliphatic carboxylic acids is 1. The van der Waals surface area contributed by atoms with Crippen LogP contribution in [0.4, 0.5) is 4.39 Å². The molecular formula is C9H9ClFNO2. The molecule has 1 unspecified atom stereocenters. The minimum absolute atomic E-state index is 0.0677. The summed E-state index contributed by atoms with van der Waals surface area (Å²) in [4.78, 5) is 10.4. The van der Waals surface area contributed by atoms with Crippen LogP contribution in [-0.4, -0.2) is 17.1 Å². The van der Waals surface area contributed by atoms with Crippen LogP contribution in [-0.2, 0) is 11.2 Å². The average molecular weight is 218 g/mol. The Balaban J connectivity index is 2.85. The van der Waals surface area contributed by atoms with Crippen molar-refractivity contribution in [1.82, 2.24) is 0 Å². The Kier molecular flexibility index (Phi) is 3.43. The lowest BCUT2D eigenvalue weighted by molar-refractivity contribution is -0.138. The Hall–Kier alpha value is -1.13. The molecule has 3 N–H and O–H groups in total. The number of benzene rings is 1. The molecule has 0 aromatic heterocycles. The highest BCUT2D eigenvalue weighted by Crippen LogP contribution is 2.15. The first kappa shape index (κ1) is 10.9. The van der Waals surface area contributed by atoms with Gasteiger partial charge in [-0.25, -0.2) is 4.39 Å². The zero-order chi connectivity index (χ0) is 10.7. The van der Waals surface area contributed by atoms with Crippen molar-refractivity contribution in [2.45, 2.75) is 12.5 Å². The molecule has 1 atom stereocenters. The Morgan fingerprint density at radius 1 is 1.64 bits per heavy atom. The van der Waals surface area contributed by atoms with Gasteiger partial charge in [0.25, 0.3) is 0 Å². The molecule has 5 heteroatoms. The smallest absolute Gasteiger partial charge is 0.320 e. The lowest BCUT2D eigenvalue weighted by Crippen LogP contribution is -2.32. The fourth-order valence-corrected chi connectivity index (χ4v) is 1.22. The van der Waals surface area contributed by atoms with E-state index >= 15 is 0 Å². The normalized spacial score (nSPS) is 12.5. The topological polar surface area (TPSA) is 63.3 Å². The van der Waals surface area contributed by atoms with E-state index in [0.717, 1.165) is 0 Å². The van der Waals surface area contributed by atoms with Crippen molar-refractivity contribution >= 4 is 17.6 Å². The van der Waals surface area contributed by atoms with Gasteiger partial charge in [0.2, 0.25) is 0 Å². The van der Waals surface area contributed by atoms with Crippen LogP contribution in [0.5, 0.6) is 0 Å². The Labute approximate surface area is 85.3 Å². The van der Waals surface area contributed by atoms with Crippen LogP contribution < -0.4 is 5.73 Å². The summed E-state index contributed by atoms with van der Waals surface area (Å²) >= 11 is 5.62. The third kappa shape index (κ3) is 2.68. The van der Waals surface area contributed by atoms with E-state index in [9.17, 15) is 9.18 Å². The number of halogens is 2. The Morgan fingerprint density at radius 2 is 2.29 bits per heavy atom. The summed E-state index contributed by atoms with van der Waals surface area (Å²) in [5.41, 5.74) is 5.47. The van der Waals surface area contributed by atoms with Crippen LogP contribution in [0.25, 0.3) is 0 Å². The van der Waals surface area contributed by atoms with Gasteiger partial charge in [0, 0.05) is 11.4 Å². The lowest BCUT2D eigenvalue weighted by atomic mass is 10.1. The number of hydrogen-bond donors (Lipinski definition) is 2. The van der Waals surface area contributed by atoms with E-state index in [4.69, 9.17) is 22.4 Å². The van der Waals surface area contributed by atoms with Crippen molar-refractivity contribution in [2.24, 2.45) is 5.73 Å². The molecule has 0 aliphatic carbocycles. The molecule has 0 spiro atoms. The fraction of sp³-hybridized carbons (Fsp3) is 0.222. The number of nitrogens with two attached hydrogens (primary N) is 1. The van der Waals surface area contributed by atoms with E-state index < -0.39 is 17.8 Å². The van der Waals surface area contributed by atoms with Crippen molar-refractivity contribution in [3.05, 3.63) is 34.6 Å². The molecule has 0 amide bonds. The van der Waals surface area contributed by atoms with Crippen LogP contribution in [0.3, 0.4) is 0 Å². The first-order valence-corrected chi connectivity index (χ1v) is 4.31. The number of hydrogen-bond acceptors (Lipinski definition) is 2. The van der Waals surface area contributed by atoms with Crippen molar-refractivity contribution in [1.29, 1.82) is 0 Å². The minimum atomic E-state index is -1.16. The first-order chi connectivity index (χ1) is 6.50. The highest BCUT2D eigenvalue weighted by Gasteiger charge is 2.14. The highest BCUT2D eigenvalue weighted by atomic mass is 35.5. The maximum atomic E-state index is 13.1. The summed E-state index contributed by atoms with van der Waals surface area (Å²) in [6.07, 6.45) is -0.0677. The summed E-state index contributed by atoms with van der Waals surface area (Å²) in [6.45, 7) is 0. The monoisotopic (exact) mass is 217 g/mol. The zero-order valence-electron chi connectivity index (χ0n) is 7.21. The van der Waals surface area contributed by atoms with Gasteiger partial charge in [-0.1, -0.05) is 11.6 Å². The molecule has 0 heterocycles. The molecule has 0 radical (unpaired) electrons. The van der Waals surface area contributed by atoms with E-state index in [1.807, 2.05) is 0 Å². The summed E-state index contributed by atoms with van der Waals surface area (Å²) in [6, 6.07) is 2.85. The largest absolute Gasteiger partial charge is 0.480 e. The van der Waals surface area contributed by atoms with Crippen molar-refractivity contribution < 1.29 is 14.3 Å². The lowest BCUT2D eigenvalue weighted by Gasteiger charge is -2.07. The maximum Gasteiger partial charge on any atom is 0.320 e. The van der Waals surface area contributed by atoms with Gasteiger partial charge in [0.1, 0.15) is 11.9 Å². The van der Waals surface area contributed by atoms with Crippen LogP contribution >= 0.6 is 11.6 Å². The van der Waals surface area contributed by atoms with Gasteiger partial charge in [-0.05, 0) is 23.8 Å². The predicted octanol–water partition coefficient (Wildman–Crippen LogP) is 1.43. The van der Waals surface area contributed by atoms with Gasteiger partial charge in [-0.3, -0.25) is 4.79 Å². The van der Waals surface area contributed by atoms with Crippen molar-refractivity contribution in [2.75, 3.05) is 0 Å². The molecule has 1 aromatic carbocycles. The molecule has 0 saturated heterocycles. The summed E-state index contributed by atoms with van der Waals surface area (Å²) in [5, 5.41) is 8.88. The molecule has 0 saturated carbocycles. The van der Waals surface area contributed by atoms with Crippen LogP contribution in [0.15, 0.2) is 18.2 Å². The van der Waals surface area contributed by atoms with Crippen LogP contribution in [0.2, 0.25) is 5.02 Å². The van der Waals surface area contributed by atoms with Gasteiger partial charge in [-0.2, -0.15) is 0 Å². The van der Waals surface area contributed by atoms with Gasteiger partial charge in [0.15, 0.2) is 0 Å². The van der Waals surface area contributed by atoms with Gasteiger partial charge in [-0.15, -0.1) is 0 Å². The molecule has 1 rings (SSSR count). The fourth-order valence-electron chi connectivity index (χ4n) is 1.02. The molecule has 0 bridgehead atoms. The standard InChI is InChI=1S/C9H9ClFNO2/c10-6-1-2-7(11)5(3-6)4-8(12)9(13)14/h1-3,8H,4,12H2,(H,13,14). The summed E-state index contributed by atoms with van der Waals surface area (Å²) in [7, 11) is 0. The number of carboxylic acid groups (broad SMARTS) is 1. The quantitative estimate of drug-likeness (QED) is 0.805. The summed E-state index contributed by atoms with van der Waals surface area (Å²) in [5.74, 6) is -1.66. The van der Waals surface area contributed by atoms with E-state index in [1.54, 1.807) is 0 Å². The van der Waals surface area contributed by atoms with Crippen molar-refractivity contribution in [3.63, 3.8) is 0 Å². The van der Waals surface area contributed by atoms with Crippen molar-refractivity contribution in [3.8, 4) is 0 Å². The zero-order valence-corrected chi connectivity index (χ0v) is 7.96. The van der Waals surface area contributed by atoms with E-state index in [0.29, 0.717) is 5.02 Å². The summed E-state index contributed by atoms with van der Waals surface area (Å²) < 4.78 is 13.1.